The number of benzene rings is 1. The lowest BCUT2D eigenvalue weighted by molar-refractivity contribution is -0.123. The summed E-state index contributed by atoms with van der Waals surface area (Å²) < 4.78 is 1.73. The molecule has 4 N–H and O–H groups in total. The Morgan fingerprint density at radius 1 is 1.11 bits per heavy atom. The van der Waals surface area contributed by atoms with Crippen LogP contribution < -0.4 is 11.1 Å². The van der Waals surface area contributed by atoms with Gasteiger partial charge in [0.15, 0.2) is 5.65 Å². The fourth-order valence-corrected chi connectivity index (χ4v) is 5.83. The minimum absolute atomic E-state index is 0. The van der Waals surface area contributed by atoms with E-state index < -0.39 is 5.97 Å². The number of thiophene rings is 1. The zero-order chi connectivity index (χ0) is 24.5. The molecule has 5 rings (SSSR count). The topological polar surface area (TPSA) is 123 Å². The summed E-state index contributed by atoms with van der Waals surface area (Å²) in [6.45, 7) is 4.58. The van der Waals surface area contributed by atoms with Crippen molar-refractivity contribution in [2.45, 2.75) is 39.5 Å². The van der Waals surface area contributed by atoms with Gasteiger partial charge in [-0.15, -0.1) is 11.3 Å². The molecule has 8 nitrogen and oxygen atoms in total. The van der Waals surface area contributed by atoms with Crippen molar-refractivity contribution in [2.75, 3.05) is 11.4 Å². The number of rotatable bonds is 6. The van der Waals surface area contributed by atoms with Crippen molar-refractivity contribution in [3.05, 3.63) is 59.7 Å². The van der Waals surface area contributed by atoms with Gasteiger partial charge in [-0.1, -0.05) is 31.2 Å². The summed E-state index contributed by atoms with van der Waals surface area (Å²) >= 11 is 1.21. The number of amides is 1. The highest BCUT2D eigenvalue weighted by atomic mass is 32.1. The fourth-order valence-electron chi connectivity index (χ4n) is 4.83. The van der Waals surface area contributed by atoms with E-state index in [2.05, 4.69) is 17.0 Å². The van der Waals surface area contributed by atoms with Gasteiger partial charge in [0.1, 0.15) is 4.88 Å². The minimum atomic E-state index is -1.01. The van der Waals surface area contributed by atoms with Gasteiger partial charge >= 0.3 is 5.97 Å². The lowest BCUT2D eigenvalue weighted by atomic mass is 9.82. The number of hydrogen-bond acceptors (Lipinski definition) is 6. The number of fused-ring (bicyclic) bond motifs is 1. The summed E-state index contributed by atoms with van der Waals surface area (Å²) in [7, 11) is 0. The number of aromatic nitrogens is 3. The standard InChI is InChI=1S/C27H28N4O3S.H3N/c1-3-30(26(32)20-7-5-17(2)6-8-20)22-16-23(35-25(22)27(33)34)19-11-9-18(10-12-19)21-15-24-28-13-4-14-31(24)29-21;/h4,9-17,20H,3,5-8H2,1-2H3,(H,33,34);1H3. The third kappa shape index (κ3) is 4.89. The maximum absolute atomic E-state index is 13.4. The molecular weight excluding hydrogens is 474 g/mol. The van der Waals surface area contributed by atoms with E-state index >= 15 is 0 Å². The molecule has 0 spiro atoms. The monoisotopic (exact) mass is 505 g/mol. The summed E-state index contributed by atoms with van der Waals surface area (Å²) in [5, 5.41) is 14.5. The number of carboxylic acids is 1. The Morgan fingerprint density at radius 3 is 2.44 bits per heavy atom. The van der Waals surface area contributed by atoms with E-state index in [0.717, 1.165) is 53.0 Å². The summed E-state index contributed by atoms with van der Waals surface area (Å²) in [6, 6.07) is 13.5. The number of carbonyl (C=O) groups is 2. The normalized spacial score (nSPS) is 17.5. The van der Waals surface area contributed by atoms with E-state index in [-0.39, 0.29) is 22.9 Å². The van der Waals surface area contributed by atoms with Gasteiger partial charge in [0.05, 0.1) is 11.4 Å². The molecule has 0 atom stereocenters. The largest absolute Gasteiger partial charge is 0.477 e. The van der Waals surface area contributed by atoms with E-state index in [1.807, 2.05) is 55.6 Å². The zero-order valence-corrected chi connectivity index (χ0v) is 21.4. The molecule has 3 aromatic heterocycles. The third-order valence-electron chi connectivity index (χ3n) is 6.85. The molecule has 0 radical (unpaired) electrons. The van der Waals surface area contributed by atoms with Gasteiger partial charge in [0.25, 0.3) is 0 Å². The van der Waals surface area contributed by atoms with Gasteiger partial charge in [-0.3, -0.25) is 4.79 Å². The summed E-state index contributed by atoms with van der Waals surface area (Å²) in [4.78, 5) is 32.5. The molecule has 9 heteroatoms. The quantitative estimate of drug-likeness (QED) is 0.323. The van der Waals surface area contributed by atoms with Gasteiger partial charge in [0, 0.05) is 41.4 Å². The number of carbonyl (C=O) groups excluding carboxylic acids is 1. The predicted molar refractivity (Wildman–Crippen MR) is 143 cm³/mol. The van der Waals surface area contributed by atoms with Gasteiger partial charge < -0.3 is 16.2 Å². The molecule has 1 fully saturated rings. The van der Waals surface area contributed by atoms with Crippen LogP contribution in [0.25, 0.3) is 27.3 Å². The molecule has 1 saturated carbocycles. The molecule has 188 valence electrons. The molecule has 1 amide bonds. The van der Waals surface area contributed by atoms with Crippen molar-refractivity contribution < 1.29 is 14.7 Å². The number of anilines is 1. The predicted octanol–water partition coefficient (Wildman–Crippen LogP) is 6.16. The van der Waals surface area contributed by atoms with E-state index in [1.54, 1.807) is 15.6 Å². The van der Waals surface area contributed by atoms with Crippen molar-refractivity contribution in [3.8, 4) is 21.7 Å². The van der Waals surface area contributed by atoms with Gasteiger partial charge in [0.2, 0.25) is 5.91 Å². The van der Waals surface area contributed by atoms with Gasteiger partial charge in [-0.2, -0.15) is 5.10 Å². The van der Waals surface area contributed by atoms with Crippen molar-refractivity contribution in [1.29, 1.82) is 0 Å². The second kappa shape index (κ2) is 10.6. The third-order valence-corrected chi connectivity index (χ3v) is 8.01. The van der Waals surface area contributed by atoms with E-state index in [4.69, 9.17) is 0 Å². The van der Waals surface area contributed by atoms with Crippen LogP contribution >= 0.6 is 11.3 Å². The van der Waals surface area contributed by atoms with Crippen molar-refractivity contribution in [1.82, 2.24) is 20.7 Å². The molecule has 1 aliphatic rings. The van der Waals surface area contributed by atoms with E-state index in [1.165, 1.54) is 11.3 Å². The number of aromatic carboxylic acids is 1. The van der Waals surface area contributed by atoms with E-state index in [9.17, 15) is 14.7 Å². The van der Waals surface area contributed by atoms with Crippen LogP contribution in [0.1, 0.15) is 49.2 Å². The Bertz CT molecular complexity index is 1340. The van der Waals surface area contributed by atoms with Crippen LogP contribution in [-0.2, 0) is 4.79 Å². The first-order valence-electron chi connectivity index (χ1n) is 12.0. The van der Waals surface area contributed by atoms with Gasteiger partial charge in [-0.05, 0) is 56.2 Å². The molecule has 3 heterocycles. The lowest BCUT2D eigenvalue weighted by Crippen LogP contribution is -2.38. The highest BCUT2D eigenvalue weighted by molar-refractivity contribution is 7.18. The summed E-state index contributed by atoms with van der Waals surface area (Å²) in [6.07, 6.45) is 7.42. The first-order valence-corrected chi connectivity index (χ1v) is 12.9. The van der Waals surface area contributed by atoms with Crippen LogP contribution in [0.5, 0.6) is 0 Å². The van der Waals surface area contributed by atoms with Crippen molar-refractivity contribution in [2.24, 2.45) is 11.8 Å². The Labute approximate surface area is 214 Å². The number of hydrogen-bond donors (Lipinski definition) is 2. The van der Waals surface area contributed by atoms with Crippen LogP contribution in [0.3, 0.4) is 0 Å². The Hall–Kier alpha value is -3.56. The highest BCUT2D eigenvalue weighted by Crippen LogP contribution is 2.39. The minimum Gasteiger partial charge on any atom is -0.477 e. The highest BCUT2D eigenvalue weighted by Gasteiger charge is 2.31. The molecule has 0 saturated heterocycles. The van der Waals surface area contributed by atoms with Crippen molar-refractivity contribution in [3.63, 3.8) is 0 Å². The first kappa shape index (κ1) is 25.5. The Balaban J connectivity index is 0.00000304. The van der Waals surface area contributed by atoms with Crippen LogP contribution in [0, 0.1) is 11.8 Å². The maximum atomic E-state index is 13.4. The van der Waals surface area contributed by atoms with Crippen molar-refractivity contribution >= 4 is 34.5 Å². The molecule has 4 aromatic rings. The molecule has 1 aliphatic carbocycles. The second-order valence-electron chi connectivity index (χ2n) is 9.20. The fraction of sp³-hybridized carbons (Fsp3) is 0.333. The number of carboxylic acid groups (broad SMARTS) is 1. The molecule has 0 bridgehead atoms. The van der Waals surface area contributed by atoms with Crippen LogP contribution in [-0.4, -0.2) is 38.1 Å². The SMILES string of the molecule is CCN(C(=O)C1CCC(C)CC1)c1cc(-c2ccc(-c3cc4ncccn4n3)cc2)sc1C(=O)O.N. The second-order valence-corrected chi connectivity index (χ2v) is 10.3. The van der Waals surface area contributed by atoms with Crippen LogP contribution in [0.4, 0.5) is 5.69 Å². The molecular formula is C27H31N5O3S. The Kier molecular flexibility index (Phi) is 7.51. The molecule has 0 unspecified atom stereocenters. The summed E-state index contributed by atoms with van der Waals surface area (Å²) in [5.41, 5.74) is 3.95. The number of nitrogens with zero attached hydrogens (tertiary/aromatic N) is 4. The molecule has 0 aliphatic heterocycles. The molecule has 36 heavy (non-hydrogen) atoms. The van der Waals surface area contributed by atoms with Crippen LogP contribution in [0.2, 0.25) is 0 Å². The maximum Gasteiger partial charge on any atom is 0.348 e. The Morgan fingerprint density at radius 2 is 1.81 bits per heavy atom. The summed E-state index contributed by atoms with van der Waals surface area (Å²) in [5.74, 6) is -0.345. The average Bonchev–Trinajstić information content (AvgIpc) is 3.50. The zero-order valence-electron chi connectivity index (χ0n) is 20.6. The smallest absolute Gasteiger partial charge is 0.348 e. The van der Waals surface area contributed by atoms with Crippen LogP contribution in [0.15, 0.2) is 54.9 Å². The van der Waals surface area contributed by atoms with E-state index in [0.29, 0.717) is 18.2 Å². The average molecular weight is 506 g/mol. The first-order chi connectivity index (χ1) is 16.9. The molecule has 1 aromatic carbocycles. The lowest BCUT2D eigenvalue weighted by Gasteiger charge is -2.30. The van der Waals surface area contributed by atoms with Gasteiger partial charge in [-0.25, -0.2) is 14.3 Å².